The van der Waals surface area contributed by atoms with Gasteiger partial charge in [-0.05, 0) is 44.0 Å². The van der Waals surface area contributed by atoms with E-state index in [9.17, 15) is 9.59 Å². The Hall–Kier alpha value is -2.08. The number of amides is 2. The first-order valence-corrected chi connectivity index (χ1v) is 8.23. The van der Waals surface area contributed by atoms with Gasteiger partial charge in [0, 0.05) is 19.5 Å². The Balaban J connectivity index is 1.49. The van der Waals surface area contributed by atoms with Crippen molar-refractivity contribution in [1.29, 1.82) is 0 Å². The molecule has 6 nitrogen and oxygen atoms in total. The van der Waals surface area contributed by atoms with Crippen LogP contribution in [0.5, 0.6) is 5.75 Å². The van der Waals surface area contributed by atoms with Gasteiger partial charge in [0.2, 0.25) is 5.91 Å². The molecule has 0 aliphatic carbocycles. The van der Waals surface area contributed by atoms with Crippen LogP contribution in [0, 0.1) is 5.92 Å². The predicted octanol–water partition coefficient (Wildman–Crippen LogP) is 0.918. The summed E-state index contributed by atoms with van der Waals surface area (Å²) in [4.78, 5) is 25.7. The maximum Gasteiger partial charge on any atom is 0.265 e. The third kappa shape index (κ3) is 4.01. The van der Waals surface area contributed by atoms with Crippen molar-refractivity contribution in [3.05, 3.63) is 24.3 Å². The lowest BCUT2D eigenvalue weighted by molar-refractivity contribution is -0.122. The number of hydrogen-bond acceptors (Lipinski definition) is 4. The minimum absolute atomic E-state index is 0.00709. The van der Waals surface area contributed by atoms with Crippen LogP contribution in [-0.2, 0) is 9.59 Å². The van der Waals surface area contributed by atoms with Crippen LogP contribution < -0.4 is 20.3 Å². The lowest BCUT2D eigenvalue weighted by Gasteiger charge is -2.29. The zero-order chi connectivity index (χ0) is 16.1. The molecule has 1 aromatic carbocycles. The van der Waals surface area contributed by atoms with E-state index in [0.717, 1.165) is 25.2 Å². The summed E-state index contributed by atoms with van der Waals surface area (Å²) in [5.74, 6) is 1.10. The number of carbonyl (C=O) groups is 2. The van der Waals surface area contributed by atoms with Gasteiger partial charge in [0.1, 0.15) is 5.75 Å². The number of para-hydroxylation sites is 2. The third-order valence-corrected chi connectivity index (χ3v) is 4.36. The summed E-state index contributed by atoms with van der Waals surface area (Å²) in [6.07, 6.45) is 2.63. The molecule has 1 atom stereocenters. The topological polar surface area (TPSA) is 70.7 Å². The van der Waals surface area contributed by atoms with Gasteiger partial charge in [-0.15, -0.1) is 0 Å². The molecule has 0 saturated carbocycles. The number of benzene rings is 1. The maximum atomic E-state index is 12.0. The molecule has 2 amide bonds. The molecule has 1 unspecified atom stereocenters. The Bertz CT molecular complexity index is 570. The first-order valence-electron chi connectivity index (χ1n) is 8.23. The molecular weight excluding hydrogens is 294 g/mol. The fourth-order valence-corrected chi connectivity index (χ4v) is 3.06. The lowest BCUT2D eigenvalue weighted by Crippen LogP contribution is -2.42. The Morgan fingerprint density at radius 1 is 1.39 bits per heavy atom. The molecule has 0 spiro atoms. The van der Waals surface area contributed by atoms with E-state index in [1.54, 1.807) is 4.90 Å². The number of hydrogen-bond donors (Lipinski definition) is 2. The molecule has 2 heterocycles. The molecule has 3 rings (SSSR count). The van der Waals surface area contributed by atoms with Crippen LogP contribution >= 0.6 is 0 Å². The molecule has 0 aromatic heterocycles. The van der Waals surface area contributed by atoms with Gasteiger partial charge in [0.15, 0.2) is 6.61 Å². The van der Waals surface area contributed by atoms with E-state index in [2.05, 4.69) is 10.6 Å². The smallest absolute Gasteiger partial charge is 0.265 e. The Labute approximate surface area is 136 Å². The molecule has 23 heavy (non-hydrogen) atoms. The Morgan fingerprint density at radius 2 is 2.26 bits per heavy atom. The molecule has 1 saturated heterocycles. The van der Waals surface area contributed by atoms with Crippen molar-refractivity contribution < 1.29 is 14.3 Å². The Morgan fingerprint density at radius 3 is 3.09 bits per heavy atom. The number of anilines is 1. The first kappa shape index (κ1) is 15.8. The number of fused-ring (bicyclic) bond motifs is 1. The number of carbonyl (C=O) groups excluding carboxylic acids is 2. The molecular formula is C17H23N3O3. The SMILES string of the molecule is O=C(CCN1C(=O)COc2ccccc21)NCC1CCCNC1. The van der Waals surface area contributed by atoms with Crippen LogP contribution in [0.15, 0.2) is 24.3 Å². The van der Waals surface area contributed by atoms with Crippen molar-refractivity contribution in [3.8, 4) is 5.75 Å². The monoisotopic (exact) mass is 317 g/mol. The van der Waals surface area contributed by atoms with Gasteiger partial charge in [0.25, 0.3) is 5.91 Å². The normalized spacial score (nSPS) is 20.6. The molecule has 2 aliphatic rings. The highest BCUT2D eigenvalue weighted by Crippen LogP contribution is 2.31. The van der Waals surface area contributed by atoms with E-state index in [4.69, 9.17) is 4.74 Å². The molecule has 0 bridgehead atoms. The van der Waals surface area contributed by atoms with Gasteiger partial charge in [-0.2, -0.15) is 0 Å². The van der Waals surface area contributed by atoms with Gasteiger partial charge in [-0.3, -0.25) is 9.59 Å². The number of ether oxygens (including phenoxy) is 1. The fourth-order valence-electron chi connectivity index (χ4n) is 3.06. The summed E-state index contributed by atoms with van der Waals surface area (Å²) in [5, 5.41) is 6.32. The van der Waals surface area contributed by atoms with Gasteiger partial charge < -0.3 is 20.3 Å². The van der Waals surface area contributed by atoms with E-state index in [1.807, 2.05) is 24.3 Å². The zero-order valence-electron chi connectivity index (χ0n) is 13.2. The minimum atomic E-state index is -0.104. The average molecular weight is 317 g/mol. The second kappa shape index (κ2) is 7.46. The maximum absolute atomic E-state index is 12.0. The van der Waals surface area contributed by atoms with E-state index in [1.165, 1.54) is 6.42 Å². The molecule has 2 N–H and O–H groups in total. The largest absolute Gasteiger partial charge is 0.482 e. The predicted molar refractivity (Wildman–Crippen MR) is 87.5 cm³/mol. The van der Waals surface area contributed by atoms with Crippen LogP contribution in [0.3, 0.4) is 0 Å². The van der Waals surface area contributed by atoms with Crippen LogP contribution in [0.25, 0.3) is 0 Å². The third-order valence-electron chi connectivity index (χ3n) is 4.36. The summed E-state index contributed by atoms with van der Waals surface area (Å²) >= 11 is 0. The van der Waals surface area contributed by atoms with Crippen LogP contribution in [-0.4, -0.2) is 44.6 Å². The highest BCUT2D eigenvalue weighted by atomic mass is 16.5. The van der Waals surface area contributed by atoms with Crippen molar-refractivity contribution in [2.45, 2.75) is 19.3 Å². The summed E-state index contributed by atoms with van der Waals surface area (Å²) < 4.78 is 5.40. The molecule has 124 valence electrons. The van der Waals surface area contributed by atoms with Gasteiger partial charge >= 0.3 is 0 Å². The van der Waals surface area contributed by atoms with Crippen LogP contribution in [0.4, 0.5) is 5.69 Å². The van der Waals surface area contributed by atoms with E-state index in [-0.39, 0.29) is 18.4 Å². The summed E-state index contributed by atoms with van der Waals surface area (Å²) in [6.45, 7) is 3.17. The molecule has 0 radical (unpaired) electrons. The number of nitrogens with one attached hydrogen (secondary N) is 2. The van der Waals surface area contributed by atoms with Crippen LogP contribution in [0.2, 0.25) is 0 Å². The van der Waals surface area contributed by atoms with Crippen LogP contribution in [0.1, 0.15) is 19.3 Å². The zero-order valence-corrected chi connectivity index (χ0v) is 13.2. The van der Waals surface area contributed by atoms with E-state index < -0.39 is 0 Å². The molecule has 2 aliphatic heterocycles. The minimum Gasteiger partial charge on any atom is -0.482 e. The average Bonchev–Trinajstić information content (AvgIpc) is 2.60. The Kier molecular flexibility index (Phi) is 5.12. The number of rotatable bonds is 5. The molecule has 1 fully saturated rings. The van der Waals surface area contributed by atoms with Gasteiger partial charge in [0.05, 0.1) is 5.69 Å². The van der Waals surface area contributed by atoms with Crippen molar-refractivity contribution in [2.24, 2.45) is 5.92 Å². The number of piperidine rings is 1. The summed E-state index contributed by atoms with van der Waals surface area (Å²) in [6, 6.07) is 7.42. The second-order valence-corrected chi connectivity index (χ2v) is 6.07. The van der Waals surface area contributed by atoms with Crippen molar-refractivity contribution in [1.82, 2.24) is 10.6 Å². The van der Waals surface area contributed by atoms with Gasteiger partial charge in [-0.1, -0.05) is 12.1 Å². The van der Waals surface area contributed by atoms with E-state index in [0.29, 0.717) is 31.2 Å². The number of nitrogens with zero attached hydrogens (tertiary/aromatic N) is 1. The van der Waals surface area contributed by atoms with Gasteiger partial charge in [-0.25, -0.2) is 0 Å². The van der Waals surface area contributed by atoms with Crippen molar-refractivity contribution in [3.63, 3.8) is 0 Å². The van der Waals surface area contributed by atoms with Crippen molar-refractivity contribution >= 4 is 17.5 Å². The highest BCUT2D eigenvalue weighted by Gasteiger charge is 2.25. The second-order valence-electron chi connectivity index (χ2n) is 6.07. The molecule has 6 heteroatoms. The first-order chi connectivity index (χ1) is 11.2. The summed E-state index contributed by atoms with van der Waals surface area (Å²) in [7, 11) is 0. The standard InChI is InChI=1S/C17H23N3O3/c21-16(19-11-13-4-3-8-18-10-13)7-9-20-14-5-1-2-6-15(14)23-12-17(20)22/h1-2,5-6,13,18H,3-4,7-12H2,(H,19,21). The summed E-state index contributed by atoms with van der Waals surface area (Å²) in [5.41, 5.74) is 0.744. The fraction of sp³-hybridized carbons (Fsp3) is 0.529. The highest BCUT2D eigenvalue weighted by molar-refractivity contribution is 5.98. The van der Waals surface area contributed by atoms with Crippen molar-refractivity contribution in [2.75, 3.05) is 37.7 Å². The quantitative estimate of drug-likeness (QED) is 0.847. The lowest BCUT2D eigenvalue weighted by atomic mass is 10.00. The molecule has 1 aromatic rings. The van der Waals surface area contributed by atoms with E-state index >= 15 is 0 Å².